The molecule has 1 unspecified atom stereocenters. The summed E-state index contributed by atoms with van der Waals surface area (Å²) in [6.07, 6.45) is 0.385. The molecule has 1 amide bonds. The van der Waals surface area contributed by atoms with Gasteiger partial charge in [-0.3, -0.25) is 4.79 Å². The maximum absolute atomic E-state index is 12.1. The summed E-state index contributed by atoms with van der Waals surface area (Å²) >= 11 is 0. The summed E-state index contributed by atoms with van der Waals surface area (Å²) in [5, 5.41) is 5.76. The molecule has 0 aliphatic carbocycles. The number of nitrogens with zero attached hydrogens (tertiary/aromatic N) is 1. The lowest BCUT2D eigenvalue weighted by atomic mass is 10.1. The zero-order chi connectivity index (χ0) is 16.0. The molecule has 0 heterocycles. The topological polar surface area (TPSA) is 78.5 Å². The summed E-state index contributed by atoms with van der Waals surface area (Å²) < 4.78 is 25.4. The Kier molecular flexibility index (Phi) is 6.32. The number of nitrogens with one attached hydrogen (secondary N) is 2. The smallest absolute Gasteiger partial charge is 0.242 e. The third-order valence-electron chi connectivity index (χ3n) is 3.12. The van der Waals surface area contributed by atoms with E-state index in [4.69, 9.17) is 0 Å². The molecule has 0 saturated heterocycles. The predicted molar refractivity (Wildman–Crippen MR) is 82.4 cm³/mol. The van der Waals surface area contributed by atoms with E-state index in [-0.39, 0.29) is 16.8 Å². The highest BCUT2D eigenvalue weighted by Gasteiger charge is 2.18. The Morgan fingerprint density at radius 2 is 2.00 bits per heavy atom. The fourth-order valence-electron chi connectivity index (χ4n) is 1.79. The van der Waals surface area contributed by atoms with Crippen LogP contribution in [-0.2, 0) is 14.8 Å². The molecule has 6 nitrogen and oxygen atoms in total. The Morgan fingerprint density at radius 3 is 2.57 bits per heavy atom. The van der Waals surface area contributed by atoms with E-state index in [1.165, 1.54) is 18.4 Å². The van der Waals surface area contributed by atoms with Gasteiger partial charge in [-0.1, -0.05) is 12.1 Å². The summed E-state index contributed by atoms with van der Waals surface area (Å²) in [7, 11) is 1.30. The van der Waals surface area contributed by atoms with E-state index >= 15 is 0 Å². The van der Waals surface area contributed by atoms with Crippen molar-refractivity contribution in [3.05, 3.63) is 29.8 Å². The molecular weight excluding hydrogens is 290 g/mol. The molecule has 2 N–H and O–H groups in total. The van der Waals surface area contributed by atoms with Crippen molar-refractivity contribution in [1.82, 2.24) is 14.9 Å². The lowest BCUT2D eigenvalue weighted by Crippen LogP contribution is -2.29. The first-order valence-electron chi connectivity index (χ1n) is 6.75. The number of hydrogen-bond acceptors (Lipinski definition) is 4. The molecule has 118 valence electrons. The highest BCUT2D eigenvalue weighted by Crippen LogP contribution is 2.19. The van der Waals surface area contributed by atoms with E-state index in [0.29, 0.717) is 13.0 Å². The number of benzene rings is 1. The molecule has 21 heavy (non-hydrogen) atoms. The number of sulfonamides is 1. The van der Waals surface area contributed by atoms with Crippen molar-refractivity contribution in [2.24, 2.45) is 0 Å². The molecule has 0 fully saturated rings. The van der Waals surface area contributed by atoms with Crippen molar-refractivity contribution in [1.29, 1.82) is 0 Å². The van der Waals surface area contributed by atoms with Gasteiger partial charge in [-0.05, 0) is 31.7 Å². The minimum atomic E-state index is -3.46. The molecule has 0 aromatic heterocycles. The van der Waals surface area contributed by atoms with Crippen molar-refractivity contribution >= 4 is 15.9 Å². The monoisotopic (exact) mass is 313 g/mol. The number of rotatable bonds is 7. The Labute approximate surface area is 126 Å². The molecule has 0 spiro atoms. The zero-order valence-corrected chi connectivity index (χ0v) is 13.7. The van der Waals surface area contributed by atoms with Crippen LogP contribution in [0.3, 0.4) is 0 Å². The van der Waals surface area contributed by atoms with Crippen LogP contribution in [0.5, 0.6) is 0 Å². The van der Waals surface area contributed by atoms with Gasteiger partial charge < -0.3 is 10.6 Å². The second kappa shape index (κ2) is 7.53. The van der Waals surface area contributed by atoms with E-state index < -0.39 is 10.0 Å². The summed E-state index contributed by atoms with van der Waals surface area (Å²) in [5.41, 5.74) is 0.760. The first-order valence-corrected chi connectivity index (χ1v) is 8.19. The third-order valence-corrected chi connectivity index (χ3v) is 4.93. The molecule has 0 saturated carbocycles. The number of carbonyl (C=O) groups excluding carboxylic acids is 1. The van der Waals surface area contributed by atoms with Crippen LogP contribution >= 0.6 is 0 Å². The molecule has 1 aromatic carbocycles. The van der Waals surface area contributed by atoms with Gasteiger partial charge in [-0.25, -0.2) is 12.7 Å². The van der Waals surface area contributed by atoms with Gasteiger partial charge in [-0.15, -0.1) is 0 Å². The maximum Gasteiger partial charge on any atom is 0.242 e. The molecule has 1 atom stereocenters. The summed E-state index contributed by atoms with van der Waals surface area (Å²) in [6, 6.07) is 6.39. The van der Waals surface area contributed by atoms with Gasteiger partial charge in [-0.2, -0.15) is 0 Å². The van der Waals surface area contributed by atoms with Gasteiger partial charge in [0.1, 0.15) is 0 Å². The Morgan fingerprint density at radius 1 is 1.33 bits per heavy atom. The van der Waals surface area contributed by atoms with Crippen LogP contribution < -0.4 is 10.6 Å². The number of amides is 1. The highest BCUT2D eigenvalue weighted by atomic mass is 32.2. The van der Waals surface area contributed by atoms with Crippen molar-refractivity contribution in [3.8, 4) is 0 Å². The molecule has 0 aliphatic heterocycles. The molecule has 1 aromatic rings. The van der Waals surface area contributed by atoms with Crippen molar-refractivity contribution in [2.45, 2.75) is 24.3 Å². The van der Waals surface area contributed by atoms with Gasteiger partial charge in [0.25, 0.3) is 0 Å². The fourth-order valence-corrected chi connectivity index (χ4v) is 2.75. The largest absolute Gasteiger partial charge is 0.350 e. The quantitative estimate of drug-likeness (QED) is 0.777. The van der Waals surface area contributed by atoms with Crippen LogP contribution in [0.15, 0.2) is 29.2 Å². The fraction of sp³-hybridized carbons (Fsp3) is 0.500. The second-order valence-corrected chi connectivity index (χ2v) is 7.15. The van der Waals surface area contributed by atoms with Crippen LogP contribution in [0.25, 0.3) is 0 Å². The Balaban J connectivity index is 2.88. The molecule has 0 aliphatic rings. The van der Waals surface area contributed by atoms with E-state index in [1.807, 2.05) is 6.92 Å². The molecule has 1 rings (SSSR count). The predicted octanol–water partition coefficient (Wildman–Crippen LogP) is 0.724. The third kappa shape index (κ3) is 4.80. The van der Waals surface area contributed by atoms with Crippen LogP contribution in [0.4, 0.5) is 0 Å². The SMILES string of the molecule is CNCCC(=O)NC(C)c1cccc(S(=O)(=O)N(C)C)c1. The van der Waals surface area contributed by atoms with Gasteiger partial charge in [0.2, 0.25) is 15.9 Å². The van der Waals surface area contributed by atoms with E-state index in [2.05, 4.69) is 10.6 Å². The zero-order valence-electron chi connectivity index (χ0n) is 12.9. The lowest BCUT2D eigenvalue weighted by molar-refractivity contribution is -0.121. The first-order chi connectivity index (χ1) is 9.78. The highest BCUT2D eigenvalue weighted by molar-refractivity contribution is 7.89. The van der Waals surface area contributed by atoms with Crippen LogP contribution in [0.1, 0.15) is 24.9 Å². The van der Waals surface area contributed by atoms with Gasteiger partial charge in [0.05, 0.1) is 10.9 Å². The van der Waals surface area contributed by atoms with E-state index in [1.54, 1.807) is 31.3 Å². The average molecular weight is 313 g/mol. The normalized spacial score (nSPS) is 13.2. The lowest BCUT2D eigenvalue weighted by Gasteiger charge is -2.17. The van der Waals surface area contributed by atoms with Crippen molar-refractivity contribution < 1.29 is 13.2 Å². The second-order valence-electron chi connectivity index (χ2n) is 5.00. The standard InChI is InChI=1S/C14H23N3O3S/c1-11(16-14(18)8-9-15-2)12-6-5-7-13(10-12)21(19,20)17(3)4/h5-7,10-11,15H,8-9H2,1-4H3,(H,16,18). The van der Waals surface area contributed by atoms with Gasteiger partial charge >= 0.3 is 0 Å². The van der Waals surface area contributed by atoms with Crippen molar-refractivity contribution in [2.75, 3.05) is 27.7 Å². The molecule has 0 radical (unpaired) electrons. The summed E-state index contributed by atoms with van der Waals surface area (Å²) in [6.45, 7) is 2.44. The van der Waals surface area contributed by atoms with Crippen LogP contribution in [0, 0.1) is 0 Å². The minimum absolute atomic E-state index is 0.0716. The number of hydrogen-bond donors (Lipinski definition) is 2. The average Bonchev–Trinajstić information content (AvgIpc) is 2.45. The maximum atomic E-state index is 12.1. The number of carbonyl (C=O) groups is 1. The first kappa shape index (κ1) is 17.6. The minimum Gasteiger partial charge on any atom is -0.350 e. The molecule has 0 bridgehead atoms. The van der Waals surface area contributed by atoms with Crippen molar-refractivity contribution in [3.63, 3.8) is 0 Å². The van der Waals surface area contributed by atoms with Crippen LogP contribution in [0.2, 0.25) is 0 Å². The molecule has 7 heteroatoms. The van der Waals surface area contributed by atoms with E-state index in [9.17, 15) is 13.2 Å². The van der Waals surface area contributed by atoms with E-state index in [0.717, 1.165) is 5.56 Å². The van der Waals surface area contributed by atoms with Gasteiger partial charge in [0.15, 0.2) is 0 Å². The Hall–Kier alpha value is -1.44. The van der Waals surface area contributed by atoms with Gasteiger partial charge in [0, 0.05) is 27.1 Å². The Bertz CT molecular complexity index is 585. The van der Waals surface area contributed by atoms with Crippen LogP contribution in [-0.4, -0.2) is 46.3 Å². The molecular formula is C14H23N3O3S. The summed E-state index contributed by atoms with van der Waals surface area (Å²) in [5.74, 6) is -0.0716. The summed E-state index contributed by atoms with van der Waals surface area (Å²) in [4.78, 5) is 11.9.